The van der Waals surface area contributed by atoms with Crippen LogP contribution in [0.5, 0.6) is 5.75 Å². The first-order chi connectivity index (χ1) is 12.4. The van der Waals surface area contributed by atoms with Crippen molar-refractivity contribution >= 4 is 33.8 Å². The van der Waals surface area contributed by atoms with E-state index in [1.807, 2.05) is 0 Å². The highest BCUT2D eigenvalue weighted by atomic mass is 79.9. The summed E-state index contributed by atoms with van der Waals surface area (Å²) in [5.41, 5.74) is 1.91. The summed E-state index contributed by atoms with van der Waals surface area (Å²) < 4.78 is 5.73. The van der Waals surface area contributed by atoms with Crippen molar-refractivity contribution in [3.63, 3.8) is 0 Å². The molecular weight excluding hydrogens is 402 g/mol. The number of rotatable bonds is 4. The van der Waals surface area contributed by atoms with Crippen LogP contribution in [-0.2, 0) is 10.3 Å². The number of benzene rings is 2. The molecule has 8 heteroatoms. The number of carbonyl (C=O) groups is 3. The lowest BCUT2D eigenvalue weighted by atomic mass is 9.92. The molecule has 2 N–H and O–H groups in total. The largest absolute Gasteiger partial charge is 0.497 e. The van der Waals surface area contributed by atoms with Crippen LogP contribution in [-0.4, -0.2) is 30.0 Å². The number of ether oxygens (including phenoxy) is 1. The molecule has 0 unspecified atom stereocenters. The van der Waals surface area contributed by atoms with Gasteiger partial charge in [0.1, 0.15) is 11.3 Å². The minimum absolute atomic E-state index is 0.308. The quantitative estimate of drug-likeness (QED) is 0.748. The minimum atomic E-state index is -1.31. The molecule has 1 heterocycles. The van der Waals surface area contributed by atoms with E-state index in [0.29, 0.717) is 26.4 Å². The zero-order valence-electron chi connectivity index (χ0n) is 14.1. The van der Waals surface area contributed by atoms with Gasteiger partial charge in [-0.3, -0.25) is 15.0 Å². The molecule has 26 heavy (non-hydrogen) atoms. The van der Waals surface area contributed by atoms with Gasteiger partial charge < -0.3 is 10.1 Å². The molecule has 3 rings (SSSR count). The number of hydrazine groups is 1. The van der Waals surface area contributed by atoms with E-state index in [-0.39, 0.29) is 0 Å². The second-order valence-corrected chi connectivity index (χ2v) is 6.70. The Hall–Kier alpha value is -2.87. The van der Waals surface area contributed by atoms with Gasteiger partial charge in [-0.15, -0.1) is 0 Å². The molecule has 0 spiro atoms. The number of methoxy groups -OCH3 is 1. The molecule has 0 aliphatic carbocycles. The molecule has 0 radical (unpaired) electrons. The summed E-state index contributed by atoms with van der Waals surface area (Å²) >= 11 is 3.27. The van der Waals surface area contributed by atoms with Gasteiger partial charge in [-0.1, -0.05) is 24.3 Å². The summed E-state index contributed by atoms with van der Waals surface area (Å²) in [6, 6.07) is 12.8. The summed E-state index contributed by atoms with van der Waals surface area (Å²) in [4.78, 5) is 37.6. The minimum Gasteiger partial charge on any atom is -0.497 e. The van der Waals surface area contributed by atoms with E-state index in [4.69, 9.17) is 4.74 Å². The molecule has 7 nitrogen and oxygen atoms in total. The van der Waals surface area contributed by atoms with Gasteiger partial charge in [-0.05, 0) is 52.7 Å². The van der Waals surface area contributed by atoms with Crippen LogP contribution < -0.4 is 15.5 Å². The first-order valence-electron chi connectivity index (χ1n) is 7.73. The lowest BCUT2D eigenvalue weighted by molar-refractivity contribution is -0.132. The number of imide groups is 1. The Morgan fingerprint density at radius 3 is 2.62 bits per heavy atom. The third-order valence-corrected chi connectivity index (χ3v) is 4.86. The third-order valence-electron chi connectivity index (χ3n) is 4.17. The zero-order chi connectivity index (χ0) is 18.9. The molecule has 0 saturated carbocycles. The SMILES string of the molecule is COc1cccc([C@@]2(C)NC(=O)N(NC(=O)c3ccccc3Br)C2=O)c1. The van der Waals surface area contributed by atoms with Crippen LogP contribution in [0.25, 0.3) is 0 Å². The monoisotopic (exact) mass is 417 g/mol. The van der Waals surface area contributed by atoms with Gasteiger partial charge in [0.2, 0.25) is 0 Å². The average molecular weight is 418 g/mol. The molecule has 1 aliphatic heterocycles. The summed E-state index contributed by atoms with van der Waals surface area (Å²) in [5, 5.41) is 3.32. The number of nitrogens with one attached hydrogen (secondary N) is 2. The Balaban J connectivity index is 1.87. The fraction of sp³-hybridized carbons (Fsp3) is 0.167. The van der Waals surface area contributed by atoms with Gasteiger partial charge in [0.15, 0.2) is 0 Å². The number of urea groups is 1. The second kappa shape index (κ2) is 6.80. The predicted molar refractivity (Wildman–Crippen MR) is 97.3 cm³/mol. The number of hydrogen-bond acceptors (Lipinski definition) is 4. The normalized spacial score (nSPS) is 19.3. The van der Waals surface area contributed by atoms with Gasteiger partial charge in [0.25, 0.3) is 11.8 Å². The van der Waals surface area contributed by atoms with E-state index in [9.17, 15) is 14.4 Å². The smallest absolute Gasteiger partial charge is 0.344 e. The molecule has 1 aliphatic rings. The number of hydrogen-bond donors (Lipinski definition) is 2. The fourth-order valence-corrected chi connectivity index (χ4v) is 3.14. The third kappa shape index (κ3) is 3.03. The van der Waals surface area contributed by atoms with E-state index in [1.54, 1.807) is 55.5 Å². The van der Waals surface area contributed by atoms with Crippen LogP contribution in [0, 0.1) is 0 Å². The summed E-state index contributed by atoms with van der Waals surface area (Å²) in [6.45, 7) is 1.58. The fourth-order valence-electron chi connectivity index (χ4n) is 2.68. The highest BCUT2D eigenvalue weighted by molar-refractivity contribution is 9.10. The molecule has 0 bridgehead atoms. The van der Waals surface area contributed by atoms with E-state index in [2.05, 4.69) is 26.7 Å². The van der Waals surface area contributed by atoms with Crippen LogP contribution in [0.2, 0.25) is 0 Å². The molecule has 2 aromatic carbocycles. The maximum absolute atomic E-state index is 12.9. The standard InChI is InChI=1S/C18H16BrN3O4/c1-18(11-6-5-7-12(10-11)26-2)16(24)22(17(25)20-18)21-15(23)13-8-3-4-9-14(13)19/h3-10H,1-2H3,(H,20,25)(H,21,23)/t18-/m1/s1. The van der Waals surface area contributed by atoms with E-state index in [0.717, 1.165) is 0 Å². The first-order valence-corrected chi connectivity index (χ1v) is 8.53. The highest BCUT2D eigenvalue weighted by Crippen LogP contribution is 2.30. The van der Waals surface area contributed by atoms with E-state index < -0.39 is 23.4 Å². The lowest BCUT2D eigenvalue weighted by Crippen LogP contribution is -2.48. The zero-order valence-corrected chi connectivity index (χ0v) is 15.7. The Bertz CT molecular complexity index is 902. The number of halogens is 1. The Kier molecular flexibility index (Phi) is 4.69. The highest BCUT2D eigenvalue weighted by Gasteiger charge is 2.50. The summed E-state index contributed by atoms with van der Waals surface area (Å²) in [5.74, 6) is -0.603. The van der Waals surface area contributed by atoms with Crippen molar-refractivity contribution in [3.8, 4) is 5.75 Å². The van der Waals surface area contributed by atoms with E-state index >= 15 is 0 Å². The maximum Gasteiger partial charge on any atom is 0.344 e. The molecule has 1 fully saturated rings. The number of amides is 4. The Morgan fingerprint density at radius 2 is 1.92 bits per heavy atom. The van der Waals surface area contributed by atoms with Crippen molar-refractivity contribution in [1.29, 1.82) is 0 Å². The molecule has 134 valence electrons. The van der Waals surface area contributed by atoms with E-state index in [1.165, 1.54) is 7.11 Å². The van der Waals surface area contributed by atoms with Crippen LogP contribution in [0.15, 0.2) is 53.0 Å². The molecule has 2 aromatic rings. The number of nitrogens with zero attached hydrogens (tertiary/aromatic N) is 1. The van der Waals surface area contributed by atoms with Crippen molar-refractivity contribution in [3.05, 3.63) is 64.1 Å². The average Bonchev–Trinajstić information content (AvgIpc) is 2.86. The molecule has 4 amide bonds. The van der Waals surface area contributed by atoms with Crippen LogP contribution in [0.1, 0.15) is 22.8 Å². The van der Waals surface area contributed by atoms with Gasteiger partial charge in [0.05, 0.1) is 12.7 Å². The topological polar surface area (TPSA) is 87.7 Å². The Labute approximate surface area is 158 Å². The molecule has 0 aromatic heterocycles. The maximum atomic E-state index is 12.9. The van der Waals surface area contributed by atoms with Gasteiger partial charge in [-0.2, -0.15) is 5.01 Å². The molecule has 1 saturated heterocycles. The summed E-state index contributed by atoms with van der Waals surface area (Å²) in [6.07, 6.45) is 0. The molecule has 1 atom stereocenters. The Morgan fingerprint density at radius 1 is 1.19 bits per heavy atom. The van der Waals surface area contributed by atoms with Gasteiger partial charge >= 0.3 is 6.03 Å². The second-order valence-electron chi connectivity index (χ2n) is 5.85. The predicted octanol–water partition coefficient (Wildman–Crippen LogP) is 2.57. The lowest BCUT2D eigenvalue weighted by Gasteiger charge is -2.22. The molecular formula is C18H16BrN3O4. The number of carbonyl (C=O) groups excluding carboxylic acids is 3. The van der Waals surface area contributed by atoms with Crippen molar-refractivity contribution in [2.75, 3.05) is 7.11 Å². The van der Waals surface area contributed by atoms with Crippen LogP contribution in [0.3, 0.4) is 0 Å². The summed E-state index contributed by atoms with van der Waals surface area (Å²) in [7, 11) is 1.51. The van der Waals surface area contributed by atoms with Crippen molar-refractivity contribution in [2.45, 2.75) is 12.5 Å². The van der Waals surface area contributed by atoms with Crippen molar-refractivity contribution < 1.29 is 19.1 Å². The first kappa shape index (κ1) is 17.9. The van der Waals surface area contributed by atoms with Gasteiger partial charge in [-0.25, -0.2) is 4.79 Å². The van der Waals surface area contributed by atoms with Crippen molar-refractivity contribution in [1.82, 2.24) is 15.8 Å². The van der Waals surface area contributed by atoms with Crippen LogP contribution >= 0.6 is 15.9 Å². The van der Waals surface area contributed by atoms with Gasteiger partial charge in [0, 0.05) is 4.47 Å². The van der Waals surface area contributed by atoms with Crippen LogP contribution in [0.4, 0.5) is 4.79 Å². The van der Waals surface area contributed by atoms with Crippen molar-refractivity contribution in [2.24, 2.45) is 0 Å².